The molecule has 0 aromatic heterocycles. The molecule has 0 aliphatic carbocycles. The summed E-state index contributed by atoms with van der Waals surface area (Å²) in [6.07, 6.45) is 1.98. The van der Waals surface area contributed by atoms with E-state index in [2.05, 4.69) is 10.6 Å². The van der Waals surface area contributed by atoms with E-state index in [0.717, 1.165) is 12.8 Å². The Labute approximate surface area is 111 Å². The predicted octanol–water partition coefficient (Wildman–Crippen LogP) is 1.48. The maximum absolute atomic E-state index is 12.3. The lowest BCUT2D eigenvalue weighted by molar-refractivity contribution is -0.139. The molecule has 0 spiro atoms. The van der Waals surface area contributed by atoms with E-state index in [0.29, 0.717) is 12.0 Å². The van der Waals surface area contributed by atoms with E-state index >= 15 is 0 Å². The van der Waals surface area contributed by atoms with Crippen molar-refractivity contribution in [2.24, 2.45) is 0 Å². The first-order valence-electron chi connectivity index (χ1n) is 6.33. The van der Waals surface area contributed by atoms with Gasteiger partial charge in [0.05, 0.1) is 0 Å². The van der Waals surface area contributed by atoms with Crippen molar-refractivity contribution in [1.29, 1.82) is 0 Å². The molecule has 19 heavy (non-hydrogen) atoms. The van der Waals surface area contributed by atoms with Crippen LogP contribution in [-0.4, -0.2) is 17.8 Å². The Kier molecular flexibility index (Phi) is 3.64. The molecule has 5 nitrogen and oxygen atoms in total. The van der Waals surface area contributed by atoms with Crippen LogP contribution in [0.5, 0.6) is 0 Å². The summed E-state index contributed by atoms with van der Waals surface area (Å²) in [5.74, 6) is -1.08. The van der Waals surface area contributed by atoms with E-state index in [-0.39, 0.29) is 0 Å². The van der Waals surface area contributed by atoms with Crippen LogP contribution in [0, 0.1) is 0 Å². The Morgan fingerprint density at radius 1 is 1.00 bits per heavy atom. The molecule has 0 bridgehead atoms. The highest BCUT2D eigenvalue weighted by molar-refractivity contribution is 6.22. The molecule has 5 heteroatoms. The van der Waals surface area contributed by atoms with Gasteiger partial charge in [-0.15, -0.1) is 0 Å². The van der Waals surface area contributed by atoms with E-state index < -0.39 is 23.3 Å². The molecule has 0 atom stereocenters. The third-order valence-electron chi connectivity index (χ3n) is 3.40. The van der Waals surface area contributed by atoms with Crippen LogP contribution < -0.4 is 10.6 Å². The van der Waals surface area contributed by atoms with Crippen molar-refractivity contribution in [2.45, 2.75) is 31.6 Å². The Morgan fingerprint density at radius 2 is 1.58 bits per heavy atom. The van der Waals surface area contributed by atoms with Crippen molar-refractivity contribution in [3.8, 4) is 0 Å². The predicted molar refractivity (Wildman–Crippen MR) is 69.3 cm³/mol. The fourth-order valence-corrected chi connectivity index (χ4v) is 2.35. The van der Waals surface area contributed by atoms with Gasteiger partial charge in [0.25, 0.3) is 0 Å². The maximum Gasteiger partial charge on any atom is 0.328 e. The standard InChI is InChI=1S/C14H16N2O3/c1-2-3-9-14(10-7-5-4-6-8-10)11(17)15-13(19)16-12(14)18/h4-8H,2-3,9H2,1H3,(H2,15,16,17,18,19). The molecule has 2 rings (SSSR count). The molecule has 1 saturated heterocycles. The molecule has 4 amide bonds. The van der Waals surface area contributed by atoms with Gasteiger partial charge in [-0.1, -0.05) is 50.1 Å². The Hall–Kier alpha value is -2.17. The van der Waals surface area contributed by atoms with Crippen LogP contribution in [-0.2, 0) is 15.0 Å². The van der Waals surface area contributed by atoms with Crippen LogP contribution in [0.25, 0.3) is 0 Å². The van der Waals surface area contributed by atoms with Crippen LogP contribution in [0.4, 0.5) is 4.79 Å². The molecule has 1 aromatic carbocycles. The minimum Gasteiger partial charge on any atom is -0.277 e. The summed E-state index contributed by atoms with van der Waals surface area (Å²) in [5.41, 5.74) is -0.684. The fraction of sp³-hybridized carbons (Fsp3) is 0.357. The highest BCUT2D eigenvalue weighted by Gasteiger charge is 2.50. The van der Waals surface area contributed by atoms with Crippen molar-refractivity contribution in [1.82, 2.24) is 10.6 Å². The van der Waals surface area contributed by atoms with Gasteiger partial charge in [-0.2, -0.15) is 0 Å². The van der Waals surface area contributed by atoms with Crippen molar-refractivity contribution in [2.75, 3.05) is 0 Å². The molecule has 0 radical (unpaired) electrons. The number of carbonyl (C=O) groups excluding carboxylic acids is 3. The van der Waals surface area contributed by atoms with Crippen molar-refractivity contribution >= 4 is 17.8 Å². The average molecular weight is 260 g/mol. The molecule has 0 unspecified atom stereocenters. The van der Waals surface area contributed by atoms with Gasteiger partial charge >= 0.3 is 6.03 Å². The normalized spacial score (nSPS) is 17.8. The van der Waals surface area contributed by atoms with Crippen LogP contribution in [0.2, 0.25) is 0 Å². The van der Waals surface area contributed by atoms with E-state index in [1.54, 1.807) is 24.3 Å². The number of hydrogen-bond donors (Lipinski definition) is 2. The average Bonchev–Trinajstić information content (AvgIpc) is 2.39. The molecule has 1 aliphatic heterocycles. The van der Waals surface area contributed by atoms with E-state index in [1.807, 2.05) is 13.0 Å². The summed E-state index contributed by atoms with van der Waals surface area (Å²) in [4.78, 5) is 35.7. The summed E-state index contributed by atoms with van der Waals surface area (Å²) < 4.78 is 0. The van der Waals surface area contributed by atoms with Crippen LogP contribution in [0.1, 0.15) is 31.7 Å². The zero-order chi connectivity index (χ0) is 13.9. The zero-order valence-electron chi connectivity index (χ0n) is 10.7. The highest BCUT2D eigenvalue weighted by atomic mass is 16.2. The molecule has 2 N–H and O–H groups in total. The number of nitrogens with one attached hydrogen (secondary N) is 2. The fourth-order valence-electron chi connectivity index (χ4n) is 2.35. The lowest BCUT2D eigenvalue weighted by Gasteiger charge is -2.34. The van der Waals surface area contributed by atoms with E-state index in [1.165, 1.54) is 0 Å². The number of carbonyl (C=O) groups is 3. The second kappa shape index (κ2) is 5.22. The number of unbranched alkanes of at least 4 members (excludes halogenated alkanes) is 1. The third kappa shape index (κ3) is 2.23. The SMILES string of the molecule is CCCCC1(c2ccccc2)C(=O)NC(=O)NC1=O. The first-order chi connectivity index (χ1) is 9.11. The van der Waals surface area contributed by atoms with Crippen molar-refractivity contribution in [3.05, 3.63) is 35.9 Å². The maximum atomic E-state index is 12.3. The highest BCUT2D eigenvalue weighted by Crippen LogP contribution is 2.32. The van der Waals surface area contributed by atoms with Gasteiger partial charge in [0.15, 0.2) is 5.41 Å². The quantitative estimate of drug-likeness (QED) is 0.805. The van der Waals surface area contributed by atoms with Gasteiger partial charge in [-0.3, -0.25) is 20.2 Å². The van der Waals surface area contributed by atoms with Gasteiger partial charge in [-0.25, -0.2) is 4.79 Å². The molecular weight excluding hydrogens is 244 g/mol. The molecular formula is C14H16N2O3. The number of imide groups is 2. The molecule has 1 fully saturated rings. The lowest BCUT2D eigenvalue weighted by Crippen LogP contribution is -2.64. The minimum atomic E-state index is -1.30. The summed E-state index contributed by atoms with van der Waals surface area (Å²) >= 11 is 0. The number of amides is 4. The minimum absolute atomic E-state index is 0.387. The van der Waals surface area contributed by atoms with Gasteiger partial charge in [0.1, 0.15) is 0 Å². The Morgan fingerprint density at radius 3 is 2.11 bits per heavy atom. The summed E-state index contributed by atoms with van der Waals surface area (Å²) in [6, 6.07) is 8.11. The van der Waals surface area contributed by atoms with Gasteiger partial charge < -0.3 is 0 Å². The first kappa shape index (κ1) is 13.3. The number of benzene rings is 1. The zero-order valence-corrected chi connectivity index (χ0v) is 10.7. The topological polar surface area (TPSA) is 75.3 Å². The monoisotopic (exact) mass is 260 g/mol. The number of rotatable bonds is 4. The van der Waals surface area contributed by atoms with Crippen molar-refractivity contribution in [3.63, 3.8) is 0 Å². The second-order valence-electron chi connectivity index (χ2n) is 4.61. The number of urea groups is 1. The summed E-state index contributed by atoms with van der Waals surface area (Å²) in [6.45, 7) is 1.99. The molecule has 1 aliphatic rings. The smallest absolute Gasteiger partial charge is 0.277 e. The Bertz CT molecular complexity index is 491. The first-order valence-corrected chi connectivity index (χ1v) is 6.33. The van der Waals surface area contributed by atoms with E-state index in [9.17, 15) is 14.4 Å². The third-order valence-corrected chi connectivity index (χ3v) is 3.40. The Balaban J connectivity index is 2.48. The van der Waals surface area contributed by atoms with Gasteiger partial charge in [-0.05, 0) is 12.0 Å². The number of hydrogen-bond acceptors (Lipinski definition) is 3. The van der Waals surface area contributed by atoms with Gasteiger partial charge in [0, 0.05) is 0 Å². The largest absolute Gasteiger partial charge is 0.328 e. The van der Waals surface area contributed by atoms with E-state index in [4.69, 9.17) is 0 Å². The van der Waals surface area contributed by atoms with Crippen LogP contribution >= 0.6 is 0 Å². The summed E-state index contributed by atoms with van der Waals surface area (Å²) in [5, 5.41) is 4.40. The summed E-state index contributed by atoms with van der Waals surface area (Å²) in [7, 11) is 0. The molecule has 100 valence electrons. The van der Waals surface area contributed by atoms with Crippen LogP contribution in [0.15, 0.2) is 30.3 Å². The lowest BCUT2D eigenvalue weighted by atomic mass is 9.73. The molecule has 1 heterocycles. The van der Waals surface area contributed by atoms with Crippen LogP contribution in [0.3, 0.4) is 0 Å². The molecule has 0 saturated carbocycles. The second-order valence-corrected chi connectivity index (χ2v) is 4.61. The number of barbiturate groups is 1. The van der Waals surface area contributed by atoms with Crippen molar-refractivity contribution < 1.29 is 14.4 Å². The molecule has 1 aromatic rings. The van der Waals surface area contributed by atoms with Gasteiger partial charge in [0.2, 0.25) is 11.8 Å².